The van der Waals surface area contributed by atoms with Crippen molar-refractivity contribution in [3.63, 3.8) is 0 Å². The summed E-state index contributed by atoms with van der Waals surface area (Å²) >= 11 is 0. The molecule has 3 N–H and O–H groups in total. The summed E-state index contributed by atoms with van der Waals surface area (Å²) in [6.07, 6.45) is -0.0116. The standard InChI is InChI=1S/C2H3N3O3/c3-2(7)8-5-4-1-6/h5H,(H2,3,7). The molecular weight excluding hydrogens is 114 g/mol. The second-order valence-electron chi connectivity index (χ2n) is 0.715. The van der Waals surface area contributed by atoms with Crippen LogP contribution in [0.25, 0.3) is 0 Å². The van der Waals surface area contributed by atoms with Crippen LogP contribution in [0.1, 0.15) is 0 Å². The number of hydrazone groups is 1. The third-order valence-corrected chi connectivity index (χ3v) is 0.238. The lowest BCUT2D eigenvalue weighted by Gasteiger charge is -1.90. The highest BCUT2D eigenvalue weighted by atomic mass is 16.7. The first kappa shape index (κ1) is 6.45. The number of nitrogens with zero attached hydrogens (tertiary/aromatic N) is 1. The maximum atomic E-state index is 9.62. The molecule has 6 nitrogen and oxygen atoms in total. The van der Waals surface area contributed by atoms with E-state index >= 15 is 0 Å². The molecule has 8 heavy (non-hydrogen) atoms. The third-order valence-electron chi connectivity index (χ3n) is 0.238. The van der Waals surface area contributed by atoms with Crippen molar-refractivity contribution in [3.05, 3.63) is 0 Å². The van der Waals surface area contributed by atoms with Crippen LogP contribution in [0.3, 0.4) is 0 Å². The van der Waals surface area contributed by atoms with Crippen molar-refractivity contribution in [3.8, 4) is 0 Å². The highest BCUT2D eigenvalue weighted by Gasteiger charge is 1.85. The molecule has 0 aliphatic heterocycles. The lowest BCUT2D eigenvalue weighted by molar-refractivity contribution is 0.101. The van der Waals surface area contributed by atoms with Crippen molar-refractivity contribution < 1.29 is 14.4 Å². The van der Waals surface area contributed by atoms with Gasteiger partial charge in [-0.1, -0.05) is 5.10 Å². The fraction of sp³-hybridized carbons (Fsp3) is 0. The van der Waals surface area contributed by atoms with E-state index in [0.717, 1.165) is 6.08 Å². The first-order chi connectivity index (χ1) is 3.77. The van der Waals surface area contributed by atoms with Gasteiger partial charge in [0.25, 0.3) is 6.08 Å². The number of rotatable bonds is 2. The highest BCUT2D eigenvalue weighted by molar-refractivity contribution is 5.64. The number of amides is 1. The summed E-state index contributed by atoms with van der Waals surface area (Å²) in [6.45, 7) is 0. The molecule has 6 heteroatoms. The zero-order valence-electron chi connectivity index (χ0n) is 3.75. The number of nitrogens with one attached hydrogen (secondary N) is 1. The summed E-state index contributed by atoms with van der Waals surface area (Å²) in [5, 5.41) is 2.63. The fourth-order valence-corrected chi connectivity index (χ4v) is 0.0864. The van der Waals surface area contributed by atoms with Gasteiger partial charge < -0.3 is 10.6 Å². The minimum Gasteiger partial charge on any atom is -0.333 e. The molecule has 0 unspecified atom stereocenters. The Morgan fingerprint density at radius 3 is 2.88 bits per heavy atom. The predicted molar refractivity (Wildman–Crippen MR) is 21.9 cm³/mol. The molecule has 0 saturated carbocycles. The summed E-state index contributed by atoms with van der Waals surface area (Å²) in [6, 6.07) is 0. The van der Waals surface area contributed by atoms with Crippen LogP contribution in [0.2, 0.25) is 0 Å². The van der Waals surface area contributed by atoms with Crippen molar-refractivity contribution in [2.75, 3.05) is 0 Å². The van der Waals surface area contributed by atoms with Crippen molar-refractivity contribution in [2.24, 2.45) is 10.8 Å². The van der Waals surface area contributed by atoms with Crippen molar-refractivity contribution in [2.45, 2.75) is 0 Å². The van der Waals surface area contributed by atoms with Gasteiger partial charge >= 0.3 is 6.09 Å². The van der Waals surface area contributed by atoms with E-state index in [1.807, 2.05) is 0 Å². The first-order valence-electron chi connectivity index (χ1n) is 1.55. The van der Waals surface area contributed by atoms with Crippen LogP contribution >= 0.6 is 0 Å². The molecule has 0 radical (unpaired) electrons. The Labute approximate surface area is 44.3 Å². The Hall–Kier alpha value is -1.55. The first-order valence-corrected chi connectivity index (χ1v) is 1.55. The molecule has 1 amide bonds. The van der Waals surface area contributed by atoms with E-state index in [9.17, 15) is 9.59 Å². The molecule has 0 fully saturated rings. The Balaban J connectivity index is 3.18. The maximum absolute atomic E-state index is 9.62. The molecular formula is C2H3N3O3. The fourth-order valence-electron chi connectivity index (χ4n) is 0.0864. The highest BCUT2D eigenvalue weighted by Crippen LogP contribution is 1.60. The van der Waals surface area contributed by atoms with Gasteiger partial charge in [-0.15, -0.1) is 5.59 Å². The topological polar surface area (TPSA) is 93.8 Å². The second-order valence-corrected chi connectivity index (χ2v) is 0.715. The molecule has 44 valence electrons. The van der Waals surface area contributed by atoms with Gasteiger partial charge in [-0.25, -0.2) is 9.59 Å². The molecule has 0 saturated heterocycles. The van der Waals surface area contributed by atoms with Crippen LogP contribution in [0.15, 0.2) is 5.10 Å². The van der Waals surface area contributed by atoms with Gasteiger partial charge in [-0.3, -0.25) is 0 Å². The Morgan fingerprint density at radius 1 is 1.88 bits per heavy atom. The number of hydrogen-bond acceptors (Lipinski definition) is 5. The van der Waals surface area contributed by atoms with Crippen molar-refractivity contribution in [1.29, 1.82) is 0 Å². The minimum absolute atomic E-state index is 1.05. The lowest BCUT2D eigenvalue weighted by Crippen LogP contribution is -2.20. The maximum Gasteiger partial charge on any atom is 0.430 e. The number of hydrogen-bond donors (Lipinski definition) is 2. The van der Waals surface area contributed by atoms with E-state index in [1.165, 1.54) is 0 Å². The normalized spacial score (nSPS) is 6.50. The third kappa shape index (κ3) is 4.45. The van der Waals surface area contributed by atoms with Gasteiger partial charge in [0.05, 0.1) is 0 Å². The molecule has 0 rings (SSSR count). The molecule has 0 heterocycles. The van der Waals surface area contributed by atoms with E-state index in [2.05, 4.69) is 15.7 Å². The molecule has 0 aromatic heterocycles. The van der Waals surface area contributed by atoms with Crippen LogP contribution in [0.5, 0.6) is 0 Å². The number of carbonyl (C=O) groups is 1. The van der Waals surface area contributed by atoms with E-state index in [0.29, 0.717) is 0 Å². The van der Waals surface area contributed by atoms with Gasteiger partial charge in [0, 0.05) is 0 Å². The zero-order chi connectivity index (χ0) is 6.41. The number of isocyanates is 1. The molecule has 0 atom stereocenters. The van der Waals surface area contributed by atoms with Gasteiger partial charge in [0.15, 0.2) is 0 Å². The summed E-state index contributed by atoms with van der Waals surface area (Å²) in [4.78, 5) is 22.6. The van der Waals surface area contributed by atoms with E-state index in [1.54, 1.807) is 5.59 Å². The van der Waals surface area contributed by atoms with E-state index in [-0.39, 0.29) is 0 Å². The average molecular weight is 117 g/mol. The van der Waals surface area contributed by atoms with Crippen LogP contribution in [-0.4, -0.2) is 12.2 Å². The zero-order valence-corrected chi connectivity index (χ0v) is 3.75. The van der Waals surface area contributed by atoms with Gasteiger partial charge in [-0.2, -0.15) is 0 Å². The molecule has 0 bridgehead atoms. The molecule has 0 aliphatic carbocycles. The summed E-state index contributed by atoms with van der Waals surface area (Å²) in [5.41, 5.74) is 5.98. The Kier molecular flexibility index (Phi) is 2.93. The summed E-state index contributed by atoms with van der Waals surface area (Å²) in [5.74, 6) is 0. The van der Waals surface area contributed by atoms with Crippen LogP contribution in [-0.2, 0) is 9.63 Å². The largest absolute Gasteiger partial charge is 0.430 e. The Morgan fingerprint density at radius 2 is 2.50 bits per heavy atom. The van der Waals surface area contributed by atoms with Gasteiger partial charge in [0.1, 0.15) is 0 Å². The quantitative estimate of drug-likeness (QED) is 0.271. The molecule has 0 aromatic rings. The van der Waals surface area contributed by atoms with Crippen molar-refractivity contribution in [1.82, 2.24) is 5.59 Å². The van der Waals surface area contributed by atoms with Crippen LogP contribution in [0.4, 0.5) is 4.79 Å². The lowest BCUT2D eigenvalue weighted by atomic mass is 11.3. The second kappa shape index (κ2) is 3.63. The average Bonchev–Trinajstić information content (AvgIpc) is 1.66. The number of primary amides is 1. The van der Waals surface area contributed by atoms with Crippen molar-refractivity contribution >= 4 is 12.2 Å². The summed E-state index contributed by atoms with van der Waals surface area (Å²) in [7, 11) is 0. The molecule has 0 spiro atoms. The molecule has 0 aliphatic rings. The van der Waals surface area contributed by atoms with Gasteiger partial charge in [0.2, 0.25) is 0 Å². The molecule has 0 aromatic carbocycles. The predicted octanol–water partition coefficient (Wildman–Crippen LogP) is -1.16. The number of nitrogens with two attached hydrogens (primary N) is 1. The van der Waals surface area contributed by atoms with Crippen LogP contribution < -0.4 is 11.3 Å². The Bertz CT molecular complexity index is 124. The minimum atomic E-state index is -1.07. The van der Waals surface area contributed by atoms with Crippen LogP contribution in [0, 0.1) is 0 Å². The smallest absolute Gasteiger partial charge is 0.333 e. The van der Waals surface area contributed by atoms with E-state index < -0.39 is 6.09 Å². The summed E-state index contributed by atoms with van der Waals surface area (Å²) < 4.78 is 0. The van der Waals surface area contributed by atoms with E-state index in [4.69, 9.17) is 0 Å². The monoisotopic (exact) mass is 117 g/mol. The number of carbonyl (C=O) groups excluding carboxylic acids is 2. The van der Waals surface area contributed by atoms with Gasteiger partial charge in [-0.05, 0) is 0 Å². The SMILES string of the molecule is NC(=O)ONN=C=O.